The molecule has 27 heavy (non-hydrogen) atoms. The Morgan fingerprint density at radius 3 is 2.74 bits per heavy atom. The van der Waals surface area contributed by atoms with E-state index < -0.39 is 0 Å². The average molecular weight is 363 g/mol. The van der Waals surface area contributed by atoms with Gasteiger partial charge in [0.25, 0.3) is 5.91 Å². The second-order valence-electron chi connectivity index (χ2n) is 7.68. The summed E-state index contributed by atoms with van der Waals surface area (Å²) < 4.78 is 0. The molecule has 2 amide bonds. The highest BCUT2D eigenvalue weighted by Gasteiger charge is 2.41. The van der Waals surface area contributed by atoms with Crippen molar-refractivity contribution in [1.82, 2.24) is 14.8 Å². The number of fused-ring (bicyclic) bond motifs is 1. The van der Waals surface area contributed by atoms with E-state index in [1.165, 1.54) is 5.56 Å². The smallest absolute Gasteiger partial charge is 0.255 e. The number of aromatic nitrogens is 1. The fourth-order valence-corrected chi connectivity index (χ4v) is 4.27. The van der Waals surface area contributed by atoms with Gasteiger partial charge in [-0.05, 0) is 43.4 Å². The van der Waals surface area contributed by atoms with Gasteiger partial charge in [0, 0.05) is 38.4 Å². The SMILES string of the molecule is Cc1ccc(CN2C(=O)CCC[C@@H]3CN(C(=O)c4cccnc4)C[C@@H]32)cc1. The molecule has 0 spiro atoms. The number of nitrogens with zero attached hydrogens (tertiary/aromatic N) is 3. The van der Waals surface area contributed by atoms with Gasteiger partial charge in [-0.1, -0.05) is 29.8 Å². The molecule has 2 aliphatic heterocycles. The van der Waals surface area contributed by atoms with Crippen LogP contribution in [0.15, 0.2) is 48.8 Å². The lowest BCUT2D eigenvalue weighted by Gasteiger charge is -2.30. The van der Waals surface area contributed by atoms with Crippen LogP contribution < -0.4 is 0 Å². The summed E-state index contributed by atoms with van der Waals surface area (Å²) in [5.74, 6) is 0.570. The minimum absolute atomic E-state index is 0.0129. The molecule has 0 aliphatic carbocycles. The Hall–Kier alpha value is -2.69. The number of hydrogen-bond donors (Lipinski definition) is 0. The highest BCUT2D eigenvalue weighted by atomic mass is 16.2. The van der Waals surface area contributed by atoms with E-state index in [4.69, 9.17) is 0 Å². The molecule has 2 fully saturated rings. The number of amides is 2. The molecule has 1 aromatic heterocycles. The lowest BCUT2D eigenvalue weighted by atomic mass is 9.98. The molecule has 140 valence electrons. The van der Waals surface area contributed by atoms with E-state index in [2.05, 4.69) is 36.2 Å². The Morgan fingerprint density at radius 2 is 2.00 bits per heavy atom. The van der Waals surface area contributed by atoms with Crippen LogP contribution in [-0.2, 0) is 11.3 Å². The normalized spacial score (nSPS) is 22.5. The van der Waals surface area contributed by atoms with Gasteiger partial charge in [0.05, 0.1) is 11.6 Å². The van der Waals surface area contributed by atoms with Crippen molar-refractivity contribution in [3.05, 3.63) is 65.5 Å². The van der Waals surface area contributed by atoms with Gasteiger partial charge in [-0.3, -0.25) is 14.6 Å². The third-order valence-corrected chi connectivity index (χ3v) is 5.76. The summed E-state index contributed by atoms with van der Waals surface area (Å²) in [5, 5.41) is 0. The van der Waals surface area contributed by atoms with Gasteiger partial charge < -0.3 is 9.80 Å². The molecule has 2 saturated heterocycles. The van der Waals surface area contributed by atoms with Crippen LogP contribution in [0.25, 0.3) is 0 Å². The summed E-state index contributed by atoms with van der Waals surface area (Å²) in [6.45, 7) is 4.01. The molecule has 0 bridgehead atoms. The average Bonchev–Trinajstić information content (AvgIpc) is 3.05. The van der Waals surface area contributed by atoms with Crippen LogP contribution in [0.5, 0.6) is 0 Å². The zero-order chi connectivity index (χ0) is 18.8. The molecule has 2 atom stereocenters. The molecular formula is C22H25N3O2. The van der Waals surface area contributed by atoms with Gasteiger partial charge in [0.15, 0.2) is 0 Å². The van der Waals surface area contributed by atoms with Crippen LogP contribution in [0.1, 0.15) is 40.7 Å². The predicted octanol–water partition coefficient (Wildman–Crippen LogP) is 3.04. The summed E-state index contributed by atoms with van der Waals surface area (Å²) in [4.78, 5) is 33.6. The molecular weight excluding hydrogens is 338 g/mol. The fourth-order valence-electron chi connectivity index (χ4n) is 4.27. The van der Waals surface area contributed by atoms with Crippen molar-refractivity contribution in [3.63, 3.8) is 0 Å². The number of pyridine rings is 1. The number of aryl methyl sites for hydroxylation is 1. The first-order chi connectivity index (χ1) is 13.1. The maximum atomic E-state index is 12.8. The lowest BCUT2D eigenvalue weighted by molar-refractivity contribution is -0.133. The van der Waals surface area contributed by atoms with E-state index in [0.717, 1.165) is 24.9 Å². The second kappa shape index (κ2) is 7.51. The molecule has 5 heteroatoms. The Balaban J connectivity index is 1.54. The molecule has 2 aliphatic rings. The Morgan fingerprint density at radius 1 is 1.19 bits per heavy atom. The minimum Gasteiger partial charge on any atom is -0.336 e. The number of hydrogen-bond acceptors (Lipinski definition) is 3. The highest BCUT2D eigenvalue weighted by molar-refractivity contribution is 5.94. The van der Waals surface area contributed by atoms with Crippen molar-refractivity contribution in [2.75, 3.05) is 13.1 Å². The first kappa shape index (κ1) is 17.7. The number of likely N-dealkylation sites (tertiary alicyclic amines) is 2. The van der Waals surface area contributed by atoms with Crippen LogP contribution >= 0.6 is 0 Å². The first-order valence-electron chi connectivity index (χ1n) is 9.66. The van der Waals surface area contributed by atoms with Gasteiger partial charge in [-0.2, -0.15) is 0 Å². The van der Waals surface area contributed by atoms with E-state index in [1.54, 1.807) is 24.5 Å². The van der Waals surface area contributed by atoms with Crippen molar-refractivity contribution in [2.45, 2.75) is 38.8 Å². The van der Waals surface area contributed by atoms with E-state index in [1.807, 2.05) is 9.80 Å². The van der Waals surface area contributed by atoms with Gasteiger partial charge in [-0.15, -0.1) is 0 Å². The largest absolute Gasteiger partial charge is 0.336 e. The topological polar surface area (TPSA) is 53.5 Å². The van der Waals surface area contributed by atoms with Gasteiger partial charge in [0.1, 0.15) is 0 Å². The van der Waals surface area contributed by atoms with Gasteiger partial charge >= 0.3 is 0 Å². The Bertz CT molecular complexity index is 819. The van der Waals surface area contributed by atoms with Crippen molar-refractivity contribution in [2.24, 2.45) is 5.92 Å². The zero-order valence-corrected chi connectivity index (χ0v) is 15.7. The number of rotatable bonds is 3. The Labute approximate surface area is 160 Å². The summed E-state index contributed by atoms with van der Waals surface area (Å²) in [5.41, 5.74) is 2.98. The highest BCUT2D eigenvalue weighted by Crippen LogP contribution is 2.32. The quantitative estimate of drug-likeness (QED) is 0.842. The third-order valence-electron chi connectivity index (χ3n) is 5.76. The number of carbonyl (C=O) groups is 2. The maximum Gasteiger partial charge on any atom is 0.255 e. The van der Waals surface area contributed by atoms with Gasteiger partial charge in [-0.25, -0.2) is 0 Å². The third kappa shape index (κ3) is 3.72. The summed E-state index contributed by atoms with van der Waals surface area (Å²) in [6, 6.07) is 12.0. The summed E-state index contributed by atoms with van der Waals surface area (Å²) in [7, 11) is 0. The molecule has 1 aromatic carbocycles. The van der Waals surface area contributed by atoms with Crippen molar-refractivity contribution in [1.29, 1.82) is 0 Å². The van der Waals surface area contributed by atoms with Crippen LogP contribution in [0.4, 0.5) is 0 Å². The Kier molecular flexibility index (Phi) is 4.92. The summed E-state index contributed by atoms with van der Waals surface area (Å²) >= 11 is 0. The van der Waals surface area contributed by atoms with Crippen LogP contribution in [0.2, 0.25) is 0 Å². The van der Waals surface area contributed by atoms with Crippen molar-refractivity contribution >= 4 is 11.8 Å². The molecule has 0 unspecified atom stereocenters. The van der Waals surface area contributed by atoms with Crippen LogP contribution in [0, 0.1) is 12.8 Å². The van der Waals surface area contributed by atoms with E-state index in [0.29, 0.717) is 31.0 Å². The molecule has 0 saturated carbocycles. The monoisotopic (exact) mass is 363 g/mol. The first-order valence-corrected chi connectivity index (χ1v) is 9.66. The standard InChI is InChI=1S/C22H25N3O2/c1-16-7-9-17(10-8-16)13-25-20-15-24(14-19(20)4-2-6-21(25)26)22(27)18-5-3-11-23-12-18/h3,5,7-12,19-20H,2,4,6,13-15H2,1H3/t19-,20+/m1/s1. The minimum atomic E-state index is 0.0129. The molecule has 0 radical (unpaired) electrons. The van der Waals surface area contributed by atoms with Crippen LogP contribution in [0.3, 0.4) is 0 Å². The number of benzene rings is 1. The molecule has 0 N–H and O–H groups in total. The van der Waals surface area contributed by atoms with E-state index in [9.17, 15) is 9.59 Å². The van der Waals surface area contributed by atoms with Crippen molar-refractivity contribution < 1.29 is 9.59 Å². The predicted molar refractivity (Wildman–Crippen MR) is 103 cm³/mol. The second-order valence-corrected chi connectivity index (χ2v) is 7.68. The molecule has 4 rings (SSSR count). The zero-order valence-electron chi connectivity index (χ0n) is 15.7. The van der Waals surface area contributed by atoms with Gasteiger partial charge in [0.2, 0.25) is 5.91 Å². The molecule has 2 aromatic rings. The summed E-state index contributed by atoms with van der Waals surface area (Å²) in [6.07, 6.45) is 5.80. The van der Waals surface area contributed by atoms with E-state index in [-0.39, 0.29) is 17.9 Å². The van der Waals surface area contributed by atoms with Crippen molar-refractivity contribution in [3.8, 4) is 0 Å². The van der Waals surface area contributed by atoms with E-state index >= 15 is 0 Å². The molecule has 3 heterocycles. The van der Waals surface area contributed by atoms with Crippen LogP contribution in [-0.4, -0.2) is 45.7 Å². The molecule has 5 nitrogen and oxygen atoms in total. The lowest BCUT2D eigenvalue weighted by Crippen LogP contribution is -2.43. The number of carbonyl (C=O) groups excluding carboxylic acids is 2. The maximum absolute atomic E-state index is 12.8. The fraction of sp³-hybridized carbons (Fsp3) is 0.409.